The molecule has 0 aromatic rings. The second-order valence-corrected chi connectivity index (χ2v) is 8.78. The van der Waals surface area contributed by atoms with Gasteiger partial charge in [0.05, 0.1) is 6.10 Å². The van der Waals surface area contributed by atoms with Crippen LogP contribution < -0.4 is 11.1 Å². The van der Waals surface area contributed by atoms with E-state index in [1.807, 2.05) is 6.92 Å². The fraction of sp³-hybridized carbons (Fsp3) is 0.864. The topological polar surface area (TPSA) is 102 Å². The van der Waals surface area contributed by atoms with Crippen molar-refractivity contribution < 1.29 is 19.1 Å². The predicted molar refractivity (Wildman–Crippen MR) is 114 cm³/mol. The van der Waals surface area contributed by atoms with E-state index in [-0.39, 0.29) is 23.8 Å². The number of likely N-dealkylation sites (tertiary alicyclic amines) is 1. The van der Waals surface area contributed by atoms with Crippen LogP contribution in [0.25, 0.3) is 0 Å². The lowest BCUT2D eigenvalue weighted by Gasteiger charge is -2.32. The van der Waals surface area contributed by atoms with E-state index >= 15 is 0 Å². The van der Waals surface area contributed by atoms with Crippen LogP contribution in [0.15, 0.2) is 0 Å². The summed E-state index contributed by atoms with van der Waals surface area (Å²) in [6.07, 6.45) is 7.17. The molecule has 2 aliphatic rings. The molecule has 1 heterocycles. The summed E-state index contributed by atoms with van der Waals surface area (Å²) in [6.45, 7) is 10.3. The van der Waals surface area contributed by atoms with Crippen LogP contribution in [-0.2, 0) is 14.3 Å². The van der Waals surface area contributed by atoms with Gasteiger partial charge in [0, 0.05) is 6.54 Å². The lowest BCUT2D eigenvalue weighted by Crippen LogP contribution is -2.55. The zero-order valence-corrected chi connectivity index (χ0v) is 18.9. The highest BCUT2D eigenvalue weighted by molar-refractivity contribution is 5.91. The SMILES string of the molecule is CC(C)OC(=O)NC(C(=O)N1C[C@H](C)CC1C(N)=O)C1CCCCCC1.CCC. The molecule has 7 nitrogen and oxygen atoms in total. The quantitative estimate of drug-likeness (QED) is 0.675. The van der Waals surface area contributed by atoms with Gasteiger partial charge in [0.25, 0.3) is 0 Å². The van der Waals surface area contributed by atoms with Crippen LogP contribution in [0.2, 0.25) is 0 Å². The minimum atomic E-state index is -0.661. The first-order valence-corrected chi connectivity index (χ1v) is 11.3. The van der Waals surface area contributed by atoms with Crippen molar-refractivity contribution in [3.05, 3.63) is 0 Å². The van der Waals surface area contributed by atoms with Gasteiger partial charge in [-0.2, -0.15) is 0 Å². The third-order valence-electron chi connectivity index (χ3n) is 5.38. The molecule has 1 aliphatic carbocycles. The molecule has 2 fully saturated rings. The van der Waals surface area contributed by atoms with Crippen molar-refractivity contribution in [1.29, 1.82) is 0 Å². The van der Waals surface area contributed by atoms with Crippen molar-refractivity contribution >= 4 is 17.9 Å². The van der Waals surface area contributed by atoms with Gasteiger partial charge in [0.15, 0.2) is 0 Å². The van der Waals surface area contributed by atoms with E-state index < -0.39 is 24.1 Å². The maximum absolute atomic E-state index is 13.3. The van der Waals surface area contributed by atoms with Gasteiger partial charge in [0.2, 0.25) is 11.8 Å². The van der Waals surface area contributed by atoms with Crippen LogP contribution >= 0.6 is 0 Å². The number of ether oxygens (including phenoxy) is 1. The van der Waals surface area contributed by atoms with Gasteiger partial charge in [-0.15, -0.1) is 0 Å². The van der Waals surface area contributed by atoms with E-state index in [1.165, 1.54) is 6.42 Å². The van der Waals surface area contributed by atoms with Crippen LogP contribution in [-0.4, -0.2) is 47.5 Å². The fourth-order valence-electron chi connectivity index (χ4n) is 4.14. The van der Waals surface area contributed by atoms with Gasteiger partial charge < -0.3 is 20.7 Å². The number of nitrogens with zero attached hydrogens (tertiary/aromatic N) is 1. The molecule has 2 unspecified atom stereocenters. The first-order chi connectivity index (χ1) is 13.7. The molecule has 168 valence electrons. The number of rotatable bonds is 5. The van der Waals surface area contributed by atoms with Crippen molar-refractivity contribution in [3.8, 4) is 0 Å². The van der Waals surface area contributed by atoms with Crippen LogP contribution in [0, 0.1) is 11.8 Å². The summed E-state index contributed by atoms with van der Waals surface area (Å²) in [5, 5.41) is 2.79. The van der Waals surface area contributed by atoms with E-state index in [9.17, 15) is 14.4 Å². The van der Waals surface area contributed by atoms with E-state index in [0.29, 0.717) is 13.0 Å². The molecular formula is C22H41N3O4. The van der Waals surface area contributed by atoms with Gasteiger partial charge in [0.1, 0.15) is 12.1 Å². The number of primary amides is 1. The van der Waals surface area contributed by atoms with Crippen molar-refractivity contribution in [2.75, 3.05) is 6.54 Å². The van der Waals surface area contributed by atoms with Crippen molar-refractivity contribution in [1.82, 2.24) is 10.2 Å². The van der Waals surface area contributed by atoms with Gasteiger partial charge in [-0.25, -0.2) is 4.79 Å². The van der Waals surface area contributed by atoms with Crippen molar-refractivity contribution in [2.45, 2.75) is 104 Å². The summed E-state index contributed by atoms with van der Waals surface area (Å²) in [5.74, 6) is -0.402. The van der Waals surface area contributed by atoms with E-state index in [4.69, 9.17) is 10.5 Å². The summed E-state index contributed by atoms with van der Waals surface area (Å²) in [7, 11) is 0. The maximum atomic E-state index is 13.3. The van der Waals surface area contributed by atoms with Crippen LogP contribution in [0.4, 0.5) is 4.79 Å². The van der Waals surface area contributed by atoms with E-state index in [1.54, 1.807) is 18.7 Å². The molecule has 0 bridgehead atoms. The molecule has 0 spiro atoms. The average Bonchev–Trinajstić information content (AvgIpc) is 2.84. The van der Waals surface area contributed by atoms with Crippen LogP contribution in [0.1, 0.15) is 86.0 Å². The molecule has 0 radical (unpaired) electrons. The number of carbonyl (C=O) groups excluding carboxylic acids is 3. The zero-order chi connectivity index (χ0) is 22.0. The number of nitrogens with one attached hydrogen (secondary N) is 1. The minimum Gasteiger partial charge on any atom is -0.447 e. The van der Waals surface area contributed by atoms with Gasteiger partial charge in [-0.05, 0) is 44.9 Å². The van der Waals surface area contributed by atoms with Gasteiger partial charge in [-0.3, -0.25) is 9.59 Å². The van der Waals surface area contributed by atoms with Crippen molar-refractivity contribution in [2.24, 2.45) is 17.6 Å². The highest BCUT2D eigenvalue weighted by Gasteiger charge is 2.42. The Balaban J connectivity index is 0.00000132. The Labute approximate surface area is 176 Å². The molecule has 2 rings (SSSR count). The lowest BCUT2D eigenvalue weighted by atomic mass is 9.90. The molecule has 0 aromatic carbocycles. The third kappa shape index (κ3) is 8.23. The van der Waals surface area contributed by atoms with Gasteiger partial charge >= 0.3 is 6.09 Å². The van der Waals surface area contributed by atoms with Gasteiger partial charge in [-0.1, -0.05) is 52.9 Å². The molecule has 29 heavy (non-hydrogen) atoms. The Hall–Kier alpha value is -1.79. The number of nitrogens with two attached hydrogens (primary N) is 1. The Morgan fingerprint density at radius 3 is 2.14 bits per heavy atom. The second-order valence-electron chi connectivity index (χ2n) is 8.78. The molecule has 0 aromatic heterocycles. The molecule has 1 aliphatic heterocycles. The summed E-state index contributed by atoms with van der Waals surface area (Å²) in [5.41, 5.74) is 5.51. The fourth-order valence-corrected chi connectivity index (χ4v) is 4.14. The maximum Gasteiger partial charge on any atom is 0.408 e. The summed E-state index contributed by atoms with van der Waals surface area (Å²) in [4.78, 5) is 38.8. The normalized spacial score (nSPS) is 23.6. The average molecular weight is 412 g/mol. The van der Waals surface area contributed by atoms with E-state index in [0.717, 1.165) is 38.5 Å². The monoisotopic (exact) mass is 411 g/mol. The molecule has 1 saturated heterocycles. The standard InChI is InChI=1S/C19H33N3O4.C3H8/c1-12(2)26-19(25)21-16(14-8-6-4-5-7-9-14)18(24)22-11-13(3)10-15(22)17(20)23;1-3-2/h12-16H,4-11H2,1-3H3,(H2,20,23)(H,21,25);3H2,1-2H3/t13-,15?,16?;/m1./s1. The second kappa shape index (κ2) is 12.7. The van der Waals surface area contributed by atoms with Crippen LogP contribution in [0.3, 0.4) is 0 Å². The largest absolute Gasteiger partial charge is 0.447 e. The van der Waals surface area contributed by atoms with Crippen molar-refractivity contribution in [3.63, 3.8) is 0 Å². The Morgan fingerprint density at radius 1 is 1.10 bits per heavy atom. The van der Waals surface area contributed by atoms with E-state index in [2.05, 4.69) is 19.2 Å². The Kier molecular flexibility index (Phi) is 11.1. The molecular weight excluding hydrogens is 370 g/mol. The molecule has 3 atom stereocenters. The molecule has 3 amide bonds. The smallest absolute Gasteiger partial charge is 0.408 e. The Morgan fingerprint density at radius 2 is 1.66 bits per heavy atom. The number of carbonyl (C=O) groups is 3. The first-order valence-electron chi connectivity index (χ1n) is 11.3. The Bertz CT molecular complexity index is 530. The number of alkyl carbamates (subject to hydrolysis) is 1. The highest BCUT2D eigenvalue weighted by atomic mass is 16.6. The highest BCUT2D eigenvalue weighted by Crippen LogP contribution is 2.30. The lowest BCUT2D eigenvalue weighted by molar-refractivity contribution is -0.140. The number of hydrogen-bond donors (Lipinski definition) is 2. The summed E-state index contributed by atoms with van der Waals surface area (Å²) >= 11 is 0. The predicted octanol–water partition coefficient (Wildman–Crippen LogP) is 3.60. The number of hydrogen-bond acceptors (Lipinski definition) is 4. The summed E-state index contributed by atoms with van der Waals surface area (Å²) in [6, 6.07) is -1.25. The summed E-state index contributed by atoms with van der Waals surface area (Å²) < 4.78 is 5.20. The molecule has 3 N–H and O–H groups in total. The number of amides is 3. The molecule has 1 saturated carbocycles. The van der Waals surface area contributed by atoms with Crippen LogP contribution in [0.5, 0.6) is 0 Å². The first kappa shape index (κ1) is 25.2. The third-order valence-corrected chi connectivity index (χ3v) is 5.38. The minimum absolute atomic E-state index is 0.0640. The molecule has 7 heteroatoms. The zero-order valence-electron chi connectivity index (χ0n) is 18.9.